The van der Waals surface area contributed by atoms with E-state index in [2.05, 4.69) is 10.3 Å². The van der Waals surface area contributed by atoms with E-state index in [-0.39, 0.29) is 5.91 Å². The number of amides is 1. The van der Waals surface area contributed by atoms with E-state index in [1.807, 2.05) is 38.1 Å². The van der Waals surface area contributed by atoms with Crippen LogP contribution in [0.25, 0.3) is 0 Å². The van der Waals surface area contributed by atoms with Gasteiger partial charge in [0, 0.05) is 11.4 Å². The Kier molecular flexibility index (Phi) is 3.80. The summed E-state index contributed by atoms with van der Waals surface area (Å²) in [5, 5.41) is 2.86. The van der Waals surface area contributed by atoms with Gasteiger partial charge in [0.05, 0.1) is 17.8 Å². The van der Waals surface area contributed by atoms with E-state index in [1.54, 1.807) is 12.1 Å². The van der Waals surface area contributed by atoms with Crippen LogP contribution in [-0.2, 0) is 11.2 Å². The van der Waals surface area contributed by atoms with Gasteiger partial charge in [0.25, 0.3) is 0 Å². The highest BCUT2D eigenvalue weighted by molar-refractivity contribution is 5.92. The molecule has 4 nitrogen and oxygen atoms in total. The average Bonchev–Trinajstić information content (AvgIpc) is 2.33. The first-order chi connectivity index (χ1) is 9.04. The highest BCUT2D eigenvalue weighted by Gasteiger charge is 2.07. The molecule has 0 aliphatic heterocycles. The summed E-state index contributed by atoms with van der Waals surface area (Å²) in [6.07, 6.45) is 0.304. The minimum atomic E-state index is -0.0700. The molecule has 1 amide bonds. The van der Waals surface area contributed by atoms with Crippen LogP contribution in [0.2, 0.25) is 0 Å². The van der Waals surface area contributed by atoms with Crippen molar-refractivity contribution in [2.45, 2.75) is 20.3 Å². The number of nitrogen functional groups attached to an aromatic ring is 1. The molecule has 19 heavy (non-hydrogen) atoms. The van der Waals surface area contributed by atoms with Crippen LogP contribution in [0.5, 0.6) is 0 Å². The number of hydrogen-bond donors (Lipinski definition) is 2. The molecular formula is C15H17N3O. The maximum Gasteiger partial charge on any atom is 0.228 e. The van der Waals surface area contributed by atoms with Crippen molar-refractivity contribution in [3.05, 3.63) is 53.3 Å². The van der Waals surface area contributed by atoms with Crippen LogP contribution in [-0.4, -0.2) is 10.9 Å². The van der Waals surface area contributed by atoms with Gasteiger partial charge >= 0.3 is 0 Å². The van der Waals surface area contributed by atoms with E-state index in [4.69, 9.17) is 5.73 Å². The molecule has 0 aliphatic carbocycles. The fourth-order valence-corrected chi connectivity index (χ4v) is 1.90. The molecule has 0 aliphatic rings. The zero-order valence-corrected chi connectivity index (χ0v) is 11.1. The van der Waals surface area contributed by atoms with Gasteiger partial charge in [-0.25, -0.2) is 0 Å². The quantitative estimate of drug-likeness (QED) is 0.828. The molecule has 1 aromatic carbocycles. The van der Waals surface area contributed by atoms with Crippen LogP contribution in [0.3, 0.4) is 0 Å². The smallest absolute Gasteiger partial charge is 0.228 e. The first-order valence-electron chi connectivity index (χ1n) is 6.13. The number of nitrogens with zero attached hydrogens (tertiary/aromatic N) is 1. The van der Waals surface area contributed by atoms with Crippen molar-refractivity contribution in [3.63, 3.8) is 0 Å². The number of nitrogens with two attached hydrogens (primary N) is 1. The topological polar surface area (TPSA) is 68.0 Å². The van der Waals surface area contributed by atoms with E-state index >= 15 is 0 Å². The summed E-state index contributed by atoms with van der Waals surface area (Å²) >= 11 is 0. The molecule has 2 rings (SSSR count). The molecule has 2 aromatic rings. The zero-order valence-electron chi connectivity index (χ0n) is 11.1. The lowest BCUT2D eigenvalue weighted by Gasteiger charge is -2.08. The van der Waals surface area contributed by atoms with Crippen molar-refractivity contribution in [2.24, 2.45) is 0 Å². The minimum Gasteiger partial charge on any atom is -0.399 e. The monoisotopic (exact) mass is 255 g/mol. The Labute approximate surface area is 112 Å². The third-order valence-corrected chi connectivity index (χ3v) is 2.81. The van der Waals surface area contributed by atoms with Crippen LogP contribution < -0.4 is 11.1 Å². The number of rotatable bonds is 3. The van der Waals surface area contributed by atoms with Crippen LogP contribution in [0.4, 0.5) is 11.4 Å². The van der Waals surface area contributed by atoms with Gasteiger partial charge in [0.15, 0.2) is 0 Å². The molecule has 98 valence electrons. The van der Waals surface area contributed by atoms with E-state index in [1.165, 1.54) is 0 Å². The average molecular weight is 255 g/mol. The number of nitrogens with one attached hydrogen (secondary N) is 1. The van der Waals surface area contributed by atoms with Crippen molar-refractivity contribution >= 4 is 17.3 Å². The molecule has 0 spiro atoms. The molecule has 4 heteroatoms. The Morgan fingerprint density at radius 1 is 1.26 bits per heavy atom. The SMILES string of the molecule is Cc1ccc(NC(=O)Cc2cccc(N)c2)c(C)n1. The Balaban J connectivity index is 2.05. The van der Waals surface area contributed by atoms with Gasteiger partial charge in [-0.3, -0.25) is 9.78 Å². The lowest BCUT2D eigenvalue weighted by atomic mass is 10.1. The van der Waals surface area contributed by atoms with E-state index in [0.29, 0.717) is 12.1 Å². The molecule has 0 bridgehead atoms. The second-order valence-electron chi connectivity index (χ2n) is 4.56. The number of pyridine rings is 1. The molecular weight excluding hydrogens is 238 g/mol. The molecule has 3 N–H and O–H groups in total. The molecule has 0 radical (unpaired) electrons. The number of hydrogen-bond acceptors (Lipinski definition) is 3. The fraction of sp³-hybridized carbons (Fsp3) is 0.200. The second kappa shape index (κ2) is 5.52. The summed E-state index contributed by atoms with van der Waals surface area (Å²) in [4.78, 5) is 16.3. The van der Waals surface area contributed by atoms with E-state index < -0.39 is 0 Å². The highest BCUT2D eigenvalue weighted by Crippen LogP contribution is 2.14. The summed E-state index contributed by atoms with van der Waals surface area (Å²) in [6, 6.07) is 11.1. The standard InChI is InChI=1S/C15H17N3O/c1-10-6-7-14(11(2)17-10)18-15(19)9-12-4-3-5-13(16)8-12/h3-8H,9,16H2,1-2H3,(H,18,19). The molecule has 0 saturated carbocycles. The second-order valence-corrected chi connectivity index (χ2v) is 4.56. The van der Waals surface area contributed by atoms with E-state index in [9.17, 15) is 4.79 Å². The third kappa shape index (κ3) is 3.55. The van der Waals surface area contributed by atoms with Crippen molar-refractivity contribution in [1.82, 2.24) is 4.98 Å². The maximum atomic E-state index is 12.0. The van der Waals surface area contributed by atoms with Gasteiger partial charge in [-0.1, -0.05) is 12.1 Å². The van der Waals surface area contributed by atoms with Crippen molar-refractivity contribution < 1.29 is 4.79 Å². The van der Waals surface area contributed by atoms with Crippen molar-refractivity contribution in [2.75, 3.05) is 11.1 Å². The summed E-state index contributed by atoms with van der Waals surface area (Å²) in [5.41, 5.74) is 9.76. The van der Waals surface area contributed by atoms with Gasteiger partial charge in [-0.15, -0.1) is 0 Å². The first-order valence-corrected chi connectivity index (χ1v) is 6.13. The highest BCUT2D eigenvalue weighted by atomic mass is 16.1. The van der Waals surface area contributed by atoms with Crippen LogP contribution in [0.15, 0.2) is 36.4 Å². The predicted octanol–water partition coefficient (Wildman–Crippen LogP) is 2.46. The zero-order chi connectivity index (χ0) is 13.8. The van der Waals surface area contributed by atoms with Gasteiger partial charge in [0.1, 0.15) is 0 Å². The summed E-state index contributed by atoms with van der Waals surface area (Å²) in [5.74, 6) is -0.0700. The Bertz CT molecular complexity index is 608. The number of aryl methyl sites for hydroxylation is 2. The van der Waals surface area contributed by atoms with E-state index in [0.717, 1.165) is 22.6 Å². The summed E-state index contributed by atoms with van der Waals surface area (Å²) in [6.45, 7) is 3.80. The number of benzene rings is 1. The largest absolute Gasteiger partial charge is 0.399 e. The Hall–Kier alpha value is -2.36. The molecule has 0 atom stereocenters. The van der Waals surface area contributed by atoms with Gasteiger partial charge in [0.2, 0.25) is 5.91 Å². The lowest BCUT2D eigenvalue weighted by molar-refractivity contribution is -0.115. The lowest BCUT2D eigenvalue weighted by Crippen LogP contribution is -2.15. The number of anilines is 2. The normalized spacial score (nSPS) is 10.2. The molecule has 0 fully saturated rings. The van der Waals surface area contributed by atoms with Crippen molar-refractivity contribution in [3.8, 4) is 0 Å². The van der Waals surface area contributed by atoms with Gasteiger partial charge in [-0.05, 0) is 43.7 Å². The van der Waals surface area contributed by atoms with Crippen LogP contribution in [0, 0.1) is 13.8 Å². The maximum absolute atomic E-state index is 12.0. The van der Waals surface area contributed by atoms with Gasteiger partial charge in [-0.2, -0.15) is 0 Å². The number of carbonyl (C=O) groups excluding carboxylic acids is 1. The third-order valence-electron chi connectivity index (χ3n) is 2.81. The fourth-order valence-electron chi connectivity index (χ4n) is 1.90. The molecule has 0 unspecified atom stereocenters. The van der Waals surface area contributed by atoms with Crippen LogP contribution in [0.1, 0.15) is 17.0 Å². The molecule has 0 saturated heterocycles. The molecule has 1 aromatic heterocycles. The van der Waals surface area contributed by atoms with Crippen molar-refractivity contribution in [1.29, 1.82) is 0 Å². The Morgan fingerprint density at radius 2 is 2.05 bits per heavy atom. The minimum absolute atomic E-state index is 0.0700. The summed E-state index contributed by atoms with van der Waals surface area (Å²) in [7, 11) is 0. The Morgan fingerprint density at radius 3 is 2.74 bits per heavy atom. The first kappa shape index (κ1) is 13.1. The van der Waals surface area contributed by atoms with Crippen LogP contribution >= 0.6 is 0 Å². The van der Waals surface area contributed by atoms with Gasteiger partial charge < -0.3 is 11.1 Å². The predicted molar refractivity (Wildman–Crippen MR) is 76.9 cm³/mol. The number of aromatic nitrogens is 1. The number of carbonyl (C=O) groups is 1. The summed E-state index contributed by atoms with van der Waals surface area (Å²) < 4.78 is 0. The molecule has 1 heterocycles.